The second kappa shape index (κ2) is 12.9. The van der Waals surface area contributed by atoms with Gasteiger partial charge in [0.2, 0.25) is 0 Å². The molecule has 170 valence electrons. The molecule has 0 aliphatic heterocycles. The molecule has 0 fully saturated rings. The van der Waals surface area contributed by atoms with Gasteiger partial charge in [0.1, 0.15) is 6.35 Å². The van der Waals surface area contributed by atoms with Crippen LogP contribution in [0.25, 0.3) is 0 Å². The van der Waals surface area contributed by atoms with E-state index in [1.807, 2.05) is 6.92 Å². The Hall–Kier alpha value is -0.620. The predicted molar refractivity (Wildman–Crippen MR) is 112 cm³/mol. The maximum atomic E-state index is 13.9. The minimum atomic E-state index is -5.57. The number of hydrogen-bond donors (Lipinski definition) is 2. The summed E-state index contributed by atoms with van der Waals surface area (Å²) in [5.74, 6) is 0. The molecule has 0 aliphatic carbocycles. The van der Waals surface area contributed by atoms with Crippen LogP contribution in [0.2, 0.25) is 0 Å². The van der Waals surface area contributed by atoms with Crippen molar-refractivity contribution >= 4 is 15.0 Å². The second-order valence-corrected chi connectivity index (χ2v) is 11.5. The Balaban J connectivity index is 4.49. The Bertz CT molecular complexity index is 697. The van der Waals surface area contributed by atoms with Crippen molar-refractivity contribution in [1.29, 1.82) is 0 Å². The van der Waals surface area contributed by atoms with Gasteiger partial charge in [0.15, 0.2) is 0 Å². The van der Waals surface area contributed by atoms with Crippen LogP contribution in [0.4, 0.5) is 8.78 Å². The van der Waals surface area contributed by atoms with Crippen LogP contribution in [0, 0.1) is 0 Å². The summed E-state index contributed by atoms with van der Waals surface area (Å²) in [5, 5.41) is -4.79. The first-order valence-corrected chi connectivity index (χ1v) is 12.9. The highest BCUT2D eigenvalue weighted by Gasteiger charge is 2.64. The van der Waals surface area contributed by atoms with Gasteiger partial charge in [-0.1, -0.05) is 34.9 Å². The van der Waals surface area contributed by atoms with Crippen molar-refractivity contribution in [2.75, 3.05) is 19.6 Å². The van der Waals surface area contributed by atoms with Crippen LogP contribution in [-0.2, 0) is 18.4 Å². The fourth-order valence-corrected chi connectivity index (χ4v) is 5.18. The Kier molecular flexibility index (Phi) is 12.7. The van der Waals surface area contributed by atoms with E-state index < -0.39 is 33.3 Å². The number of halogens is 2. The molecule has 0 aromatic carbocycles. The maximum Gasteiger partial charge on any atom is 0.420 e. The first kappa shape index (κ1) is 28.4. The third kappa shape index (κ3) is 10.3. The van der Waals surface area contributed by atoms with Crippen molar-refractivity contribution < 1.29 is 37.0 Å². The standard InChI is InChI=1S/C19H34F2O6P2/c1-6-27-29(24,25)19(20,21)28(22,23)15-26-14-13-18(5)12-8-11-17(4)10-7-9-16(2)3/h9,11,13H,6-8,10,12,14-15H2,1-5H3,(H,22,23)(H,24,25)/b17-11+,18-13+. The van der Waals surface area contributed by atoms with Crippen molar-refractivity contribution in [2.24, 2.45) is 0 Å². The molecule has 0 heterocycles. The van der Waals surface area contributed by atoms with Crippen LogP contribution in [0.5, 0.6) is 0 Å². The van der Waals surface area contributed by atoms with Gasteiger partial charge in [-0.25, -0.2) is 0 Å². The zero-order chi connectivity index (χ0) is 22.7. The summed E-state index contributed by atoms with van der Waals surface area (Å²) in [7, 11) is -11.0. The monoisotopic (exact) mass is 458 g/mol. The molecule has 0 saturated carbocycles. The molecule has 0 aromatic heterocycles. The summed E-state index contributed by atoms with van der Waals surface area (Å²) in [4.78, 5) is 18.7. The lowest BCUT2D eigenvalue weighted by molar-refractivity contribution is 0.0983. The number of allylic oxidation sites excluding steroid dienone is 5. The Labute approximate surface area is 172 Å². The summed E-state index contributed by atoms with van der Waals surface area (Å²) in [6, 6.07) is 0. The first-order chi connectivity index (χ1) is 13.3. The molecule has 10 heteroatoms. The topological polar surface area (TPSA) is 93.1 Å². The van der Waals surface area contributed by atoms with Gasteiger partial charge >= 0.3 is 20.4 Å². The van der Waals surface area contributed by atoms with Gasteiger partial charge < -0.3 is 19.0 Å². The first-order valence-electron chi connectivity index (χ1n) is 9.46. The van der Waals surface area contributed by atoms with Gasteiger partial charge in [-0.2, -0.15) is 8.78 Å². The van der Waals surface area contributed by atoms with Crippen LogP contribution in [0.15, 0.2) is 34.9 Å². The molecule has 2 atom stereocenters. The Morgan fingerprint density at radius 3 is 2.00 bits per heavy atom. The van der Waals surface area contributed by atoms with Crippen LogP contribution < -0.4 is 0 Å². The van der Waals surface area contributed by atoms with Crippen LogP contribution in [0.1, 0.15) is 60.3 Å². The van der Waals surface area contributed by atoms with E-state index in [1.165, 1.54) is 18.1 Å². The van der Waals surface area contributed by atoms with Crippen molar-refractivity contribution in [3.8, 4) is 0 Å². The van der Waals surface area contributed by atoms with Crippen molar-refractivity contribution in [3.63, 3.8) is 0 Å². The van der Waals surface area contributed by atoms with Gasteiger partial charge in [0.05, 0.1) is 13.2 Å². The third-order valence-corrected chi connectivity index (χ3v) is 8.36. The molecule has 0 rings (SSSR count). The van der Waals surface area contributed by atoms with E-state index in [-0.39, 0.29) is 6.61 Å². The lowest BCUT2D eigenvalue weighted by Crippen LogP contribution is -2.21. The number of rotatable bonds is 14. The fraction of sp³-hybridized carbons (Fsp3) is 0.684. The summed E-state index contributed by atoms with van der Waals surface area (Å²) in [6.45, 7) is 8.63. The highest BCUT2D eigenvalue weighted by molar-refractivity contribution is 7.75. The molecular formula is C19H34F2O6P2. The molecular weight excluding hydrogens is 424 g/mol. The van der Waals surface area contributed by atoms with Crippen molar-refractivity contribution in [3.05, 3.63) is 34.9 Å². The van der Waals surface area contributed by atoms with Gasteiger partial charge in [-0.15, -0.1) is 0 Å². The van der Waals surface area contributed by atoms with Crippen molar-refractivity contribution in [2.45, 2.75) is 65.7 Å². The summed E-state index contributed by atoms with van der Waals surface area (Å²) < 4.78 is 60.0. The largest absolute Gasteiger partial charge is 0.420 e. The molecule has 2 N–H and O–H groups in total. The minimum absolute atomic E-state index is 0.153. The van der Waals surface area contributed by atoms with E-state index in [1.54, 1.807) is 6.08 Å². The van der Waals surface area contributed by atoms with Gasteiger partial charge in [-0.05, 0) is 60.3 Å². The van der Waals surface area contributed by atoms with E-state index in [2.05, 4.69) is 37.4 Å². The predicted octanol–water partition coefficient (Wildman–Crippen LogP) is 6.42. The van der Waals surface area contributed by atoms with Gasteiger partial charge in [0, 0.05) is 0 Å². The SMILES string of the molecule is CCOP(=O)(O)C(F)(F)P(=O)(O)COC/C=C(\C)CC/C=C(\C)CCC=C(C)C. The number of ether oxygens (including phenoxy) is 1. The summed E-state index contributed by atoms with van der Waals surface area (Å²) >= 11 is 0. The normalized spacial score (nSPS) is 17.6. The minimum Gasteiger partial charge on any atom is -0.367 e. The van der Waals surface area contributed by atoms with Crippen molar-refractivity contribution in [1.82, 2.24) is 0 Å². The van der Waals surface area contributed by atoms with E-state index >= 15 is 0 Å². The van der Waals surface area contributed by atoms with E-state index in [4.69, 9.17) is 4.74 Å². The van der Waals surface area contributed by atoms with Crippen LogP contribution >= 0.6 is 15.0 Å². The molecule has 0 saturated heterocycles. The molecule has 0 aliphatic rings. The highest BCUT2D eigenvalue weighted by Crippen LogP contribution is 2.74. The molecule has 0 spiro atoms. The zero-order valence-corrected chi connectivity index (χ0v) is 19.6. The lowest BCUT2D eigenvalue weighted by atomic mass is 10.1. The molecule has 0 amide bonds. The summed E-state index contributed by atoms with van der Waals surface area (Å²) in [5.41, 5.74) is 3.53. The van der Waals surface area contributed by atoms with E-state index in [0.717, 1.165) is 31.3 Å². The Morgan fingerprint density at radius 1 is 0.966 bits per heavy atom. The van der Waals surface area contributed by atoms with Crippen LogP contribution in [0.3, 0.4) is 0 Å². The lowest BCUT2D eigenvalue weighted by Gasteiger charge is -2.25. The molecule has 0 aromatic rings. The molecule has 0 bridgehead atoms. The van der Waals surface area contributed by atoms with Gasteiger partial charge in [-0.3, -0.25) is 9.13 Å². The average molecular weight is 458 g/mol. The van der Waals surface area contributed by atoms with Crippen LogP contribution in [-0.4, -0.2) is 34.8 Å². The highest BCUT2D eigenvalue weighted by atomic mass is 31.2. The van der Waals surface area contributed by atoms with Gasteiger partial charge in [0.25, 0.3) is 0 Å². The van der Waals surface area contributed by atoms with E-state index in [0.29, 0.717) is 0 Å². The third-order valence-electron chi connectivity index (χ3n) is 4.00. The second-order valence-electron chi connectivity index (χ2n) is 7.11. The zero-order valence-electron chi connectivity index (χ0n) is 17.9. The molecule has 6 nitrogen and oxygen atoms in total. The molecule has 2 unspecified atom stereocenters. The average Bonchev–Trinajstić information content (AvgIpc) is 2.58. The molecule has 29 heavy (non-hydrogen) atoms. The number of hydrogen-bond acceptors (Lipinski definition) is 4. The smallest absolute Gasteiger partial charge is 0.367 e. The van der Waals surface area contributed by atoms with E-state index in [9.17, 15) is 27.7 Å². The fourth-order valence-electron chi connectivity index (χ4n) is 2.24. The Morgan fingerprint density at radius 2 is 1.48 bits per heavy atom. The maximum absolute atomic E-state index is 13.9. The molecule has 0 radical (unpaired) electrons. The quantitative estimate of drug-likeness (QED) is 0.177. The summed E-state index contributed by atoms with van der Waals surface area (Å²) in [6.07, 6.45) is 8.28. The number of alkyl halides is 2.